The van der Waals surface area contributed by atoms with E-state index < -0.39 is 5.97 Å². The topological polar surface area (TPSA) is 49.8 Å². The number of hydrogen-bond acceptors (Lipinski definition) is 3. The minimum absolute atomic E-state index is 0.360. The number of carboxylic acid groups (broad SMARTS) is 1. The van der Waals surface area contributed by atoms with Gasteiger partial charge in [-0.3, -0.25) is 9.69 Å². The molecule has 0 aliphatic carbocycles. The van der Waals surface area contributed by atoms with Gasteiger partial charge in [0, 0.05) is 13.2 Å². The van der Waals surface area contributed by atoms with Gasteiger partial charge in [-0.25, -0.2) is 0 Å². The van der Waals surface area contributed by atoms with Crippen LogP contribution in [0.1, 0.15) is 20.3 Å². The highest BCUT2D eigenvalue weighted by molar-refractivity contribution is 5.72. The summed E-state index contributed by atoms with van der Waals surface area (Å²) in [6.45, 7) is 6.96. The number of carboxylic acids is 1. The highest BCUT2D eigenvalue weighted by atomic mass is 16.5. The highest BCUT2D eigenvalue weighted by Gasteiger charge is 2.29. The molecular weight excluding hydrogens is 182 g/mol. The molecule has 1 aliphatic heterocycles. The third-order valence-corrected chi connectivity index (χ3v) is 2.78. The van der Waals surface area contributed by atoms with Crippen LogP contribution in [0.4, 0.5) is 0 Å². The Morgan fingerprint density at radius 3 is 3.00 bits per heavy atom. The number of likely N-dealkylation sites (tertiary alicyclic amines) is 1. The smallest absolute Gasteiger partial charge is 0.320 e. The lowest BCUT2D eigenvalue weighted by atomic mass is 10.1. The van der Waals surface area contributed by atoms with Crippen molar-refractivity contribution >= 4 is 5.97 Å². The minimum atomic E-state index is -0.734. The van der Waals surface area contributed by atoms with Crippen LogP contribution in [0.3, 0.4) is 0 Å². The van der Waals surface area contributed by atoms with Gasteiger partial charge < -0.3 is 9.84 Å². The molecule has 1 N–H and O–H groups in total. The van der Waals surface area contributed by atoms with E-state index in [9.17, 15) is 4.79 Å². The van der Waals surface area contributed by atoms with Crippen LogP contribution in [-0.2, 0) is 9.53 Å². The van der Waals surface area contributed by atoms with Crippen LogP contribution in [0.15, 0.2) is 0 Å². The zero-order valence-corrected chi connectivity index (χ0v) is 8.90. The second-order valence-corrected chi connectivity index (χ2v) is 3.82. The maximum atomic E-state index is 10.7. The quantitative estimate of drug-likeness (QED) is 0.715. The predicted octanol–water partition coefficient (Wildman–Crippen LogP) is 0.818. The number of rotatable bonds is 5. The molecule has 0 bridgehead atoms. The number of ether oxygens (including phenoxy) is 1. The lowest BCUT2D eigenvalue weighted by Gasteiger charge is -2.20. The minimum Gasteiger partial charge on any atom is -0.480 e. The Kier molecular flexibility index (Phi) is 4.35. The molecule has 0 aromatic heterocycles. The van der Waals surface area contributed by atoms with Gasteiger partial charge in [-0.05, 0) is 32.7 Å². The van der Waals surface area contributed by atoms with Crippen LogP contribution in [0, 0.1) is 5.92 Å². The Hall–Kier alpha value is -0.610. The molecule has 1 heterocycles. The van der Waals surface area contributed by atoms with Gasteiger partial charge in [0.05, 0.1) is 6.61 Å². The van der Waals surface area contributed by atoms with Crippen LogP contribution in [0.5, 0.6) is 0 Å². The number of carbonyl (C=O) groups is 1. The summed E-state index contributed by atoms with van der Waals surface area (Å²) in [7, 11) is 0. The van der Waals surface area contributed by atoms with Crippen molar-refractivity contribution in [3.8, 4) is 0 Å². The Bertz CT molecular complexity index is 196. The third kappa shape index (κ3) is 2.96. The van der Waals surface area contributed by atoms with Crippen LogP contribution in [-0.4, -0.2) is 48.3 Å². The van der Waals surface area contributed by atoms with E-state index in [4.69, 9.17) is 9.84 Å². The Balaban J connectivity index is 2.29. The number of hydrogen-bond donors (Lipinski definition) is 1. The largest absolute Gasteiger partial charge is 0.480 e. The van der Waals surface area contributed by atoms with Gasteiger partial charge in [0.2, 0.25) is 0 Å². The summed E-state index contributed by atoms with van der Waals surface area (Å²) < 4.78 is 5.33. The van der Waals surface area contributed by atoms with Gasteiger partial charge in [0.25, 0.3) is 0 Å². The van der Waals surface area contributed by atoms with Crippen molar-refractivity contribution < 1.29 is 14.6 Å². The van der Waals surface area contributed by atoms with E-state index >= 15 is 0 Å². The van der Waals surface area contributed by atoms with Gasteiger partial charge >= 0.3 is 5.97 Å². The Labute approximate surface area is 84.8 Å². The van der Waals surface area contributed by atoms with Crippen LogP contribution in [0.25, 0.3) is 0 Å². The van der Waals surface area contributed by atoms with E-state index in [0.29, 0.717) is 5.92 Å². The molecule has 14 heavy (non-hydrogen) atoms. The van der Waals surface area contributed by atoms with Gasteiger partial charge in [0.15, 0.2) is 0 Å². The zero-order chi connectivity index (χ0) is 10.6. The standard InChI is InChI=1S/C10H19NO3/c1-3-14-7-9-4-5-11(6-9)8(2)10(12)13/h8-9H,3-7H2,1-2H3,(H,12,13). The molecule has 1 rings (SSSR count). The SMILES string of the molecule is CCOCC1CCN(C(C)C(=O)O)C1. The molecule has 0 saturated carbocycles. The molecule has 0 aromatic rings. The number of nitrogens with zero attached hydrogens (tertiary/aromatic N) is 1. The maximum Gasteiger partial charge on any atom is 0.320 e. The van der Waals surface area contributed by atoms with E-state index in [2.05, 4.69) is 0 Å². The first-order chi connectivity index (χ1) is 6.65. The first kappa shape index (κ1) is 11.5. The molecule has 82 valence electrons. The van der Waals surface area contributed by atoms with Crippen LogP contribution >= 0.6 is 0 Å². The fourth-order valence-corrected chi connectivity index (χ4v) is 1.79. The first-order valence-corrected chi connectivity index (χ1v) is 5.19. The summed E-state index contributed by atoms with van der Waals surface area (Å²) in [5.74, 6) is -0.223. The zero-order valence-electron chi connectivity index (χ0n) is 8.90. The Morgan fingerprint density at radius 1 is 1.71 bits per heavy atom. The van der Waals surface area contributed by atoms with E-state index in [1.165, 1.54) is 0 Å². The molecule has 0 aromatic carbocycles. The highest BCUT2D eigenvalue weighted by Crippen LogP contribution is 2.18. The molecule has 1 saturated heterocycles. The van der Waals surface area contributed by atoms with Crippen molar-refractivity contribution in [1.29, 1.82) is 0 Å². The van der Waals surface area contributed by atoms with Crippen molar-refractivity contribution in [2.45, 2.75) is 26.3 Å². The third-order valence-electron chi connectivity index (χ3n) is 2.78. The average Bonchev–Trinajstić information content (AvgIpc) is 2.61. The molecule has 0 spiro atoms. The molecule has 4 nitrogen and oxygen atoms in total. The van der Waals surface area contributed by atoms with Gasteiger partial charge in [-0.2, -0.15) is 0 Å². The van der Waals surface area contributed by atoms with E-state index in [1.807, 2.05) is 11.8 Å². The molecule has 0 radical (unpaired) electrons. The average molecular weight is 201 g/mol. The van der Waals surface area contributed by atoms with E-state index in [-0.39, 0.29) is 6.04 Å². The molecular formula is C10H19NO3. The van der Waals surface area contributed by atoms with Crippen LogP contribution < -0.4 is 0 Å². The predicted molar refractivity (Wildman–Crippen MR) is 53.3 cm³/mol. The van der Waals surface area contributed by atoms with E-state index in [1.54, 1.807) is 6.92 Å². The van der Waals surface area contributed by atoms with Crippen LogP contribution in [0.2, 0.25) is 0 Å². The molecule has 0 amide bonds. The van der Waals surface area contributed by atoms with Gasteiger partial charge in [-0.1, -0.05) is 0 Å². The maximum absolute atomic E-state index is 10.7. The molecule has 2 unspecified atom stereocenters. The van der Waals surface area contributed by atoms with Gasteiger partial charge in [0.1, 0.15) is 6.04 Å². The van der Waals surface area contributed by atoms with Crippen molar-refractivity contribution in [2.24, 2.45) is 5.92 Å². The fourth-order valence-electron chi connectivity index (χ4n) is 1.79. The monoisotopic (exact) mass is 201 g/mol. The second-order valence-electron chi connectivity index (χ2n) is 3.82. The summed E-state index contributed by atoms with van der Waals surface area (Å²) in [5, 5.41) is 8.83. The van der Waals surface area contributed by atoms with Crippen molar-refractivity contribution in [3.63, 3.8) is 0 Å². The van der Waals surface area contributed by atoms with Crippen molar-refractivity contribution in [3.05, 3.63) is 0 Å². The molecule has 1 fully saturated rings. The van der Waals surface area contributed by atoms with E-state index in [0.717, 1.165) is 32.7 Å². The summed E-state index contributed by atoms with van der Waals surface area (Å²) in [6, 6.07) is -0.360. The summed E-state index contributed by atoms with van der Waals surface area (Å²) in [5.41, 5.74) is 0. The molecule has 2 atom stereocenters. The molecule has 1 aliphatic rings. The fraction of sp³-hybridized carbons (Fsp3) is 0.900. The normalized spacial score (nSPS) is 25.1. The summed E-state index contributed by atoms with van der Waals surface area (Å²) >= 11 is 0. The number of aliphatic carboxylic acids is 1. The lowest BCUT2D eigenvalue weighted by molar-refractivity contribution is -0.142. The first-order valence-electron chi connectivity index (χ1n) is 5.19. The van der Waals surface area contributed by atoms with Crippen molar-refractivity contribution in [1.82, 2.24) is 4.90 Å². The summed E-state index contributed by atoms with van der Waals surface area (Å²) in [6.07, 6.45) is 1.05. The lowest BCUT2D eigenvalue weighted by Crippen LogP contribution is -2.37. The van der Waals surface area contributed by atoms with Gasteiger partial charge in [-0.15, -0.1) is 0 Å². The Morgan fingerprint density at radius 2 is 2.43 bits per heavy atom. The van der Waals surface area contributed by atoms with Crippen molar-refractivity contribution in [2.75, 3.05) is 26.3 Å². The summed E-state index contributed by atoms with van der Waals surface area (Å²) in [4.78, 5) is 12.7. The second kappa shape index (κ2) is 5.32. The molecule has 4 heteroatoms.